The average Bonchev–Trinajstić information content (AvgIpc) is 1.69. The second-order valence-corrected chi connectivity index (χ2v) is 33.9. The van der Waals surface area contributed by atoms with Crippen molar-refractivity contribution in [3.63, 3.8) is 0 Å². The Labute approximate surface area is 782 Å². The Morgan fingerprint density at radius 2 is 0.726 bits per heavy atom. The smallest absolute Gasteiger partial charge is 0.305 e. The highest BCUT2D eigenvalue weighted by Crippen LogP contribution is 2.23. The lowest BCUT2D eigenvalue weighted by atomic mass is 9.96. The fourth-order valence-corrected chi connectivity index (χ4v) is 14.8. The minimum Gasteiger partial charge on any atom is -0.508 e. The van der Waals surface area contributed by atoms with Crippen LogP contribution in [0.4, 0.5) is 0 Å². The first-order chi connectivity index (χ1) is 63.7. The van der Waals surface area contributed by atoms with E-state index in [4.69, 9.17) is 28.3 Å². The molecule has 0 fully saturated rings. The molecule has 0 bridgehead atoms. The number of carboxylic acid groups (broad SMARTS) is 3. The number of aliphatic hydroxyl groups is 2. The van der Waals surface area contributed by atoms with Crippen LogP contribution in [-0.2, 0) is 115 Å². The highest BCUT2D eigenvalue weighted by Gasteiger charge is 2.41. The molecule has 0 unspecified atom stereocenters. The Kier molecular flexibility index (Phi) is 45.7. The lowest BCUT2D eigenvalue weighted by molar-refractivity contribution is -0.142. The number of carboxylic acids is 3. The van der Waals surface area contributed by atoms with E-state index in [9.17, 15) is 117 Å². The van der Waals surface area contributed by atoms with Crippen LogP contribution in [-0.4, -0.2) is 292 Å². The number of phenolic OH excluding ortho intramolecular Hbond substituents is 1. The van der Waals surface area contributed by atoms with E-state index in [0.717, 1.165) is 6.92 Å². The number of aromatic nitrogens is 2. The number of thioether (sulfide) groups is 2. The zero-order chi connectivity index (χ0) is 101. The Bertz CT molecular complexity index is 5050. The number of fused-ring (bicyclic) bond motifs is 2. The first-order valence-electron chi connectivity index (χ1n) is 42.8. The molecular weight excluding hydrogens is 1810 g/mol. The molecule has 0 radical (unpaired) electrons. The lowest BCUT2D eigenvalue weighted by Crippen LogP contribution is -2.62. The molecule has 32 N–H and O–H groups in total. The molecule has 0 spiro atoms. The molecule has 5 aromatic rings. The molecule has 5 rings (SSSR count). The number of hydrogen-bond acceptors (Lipinski definition) is 26. The maximum Gasteiger partial charge on any atom is 0.305 e. The van der Waals surface area contributed by atoms with Gasteiger partial charge in [0.2, 0.25) is 100 Å². The van der Waals surface area contributed by atoms with Gasteiger partial charge in [0.25, 0.3) is 0 Å². The number of carbonyl (C=O) groups is 20. The number of guanidine groups is 1. The Morgan fingerprint density at radius 3 is 1.12 bits per heavy atom. The van der Waals surface area contributed by atoms with Gasteiger partial charge < -0.3 is 143 Å². The van der Waals surface area contributed by atoms with Crippen molar-refractivity contribution in [2.24, 2.45) is 28.9 Å². The third-order valence-electron chi connectivity index (χ3n) is 21.2. The van der Waals surface area contributed by atoms with Gasteiger partial charge in [-0.15, -0.1) is 0 Å². The van der Waals surface area contributed by atoms with Gasteiger partial charge in [-0.25, -0.2) is 0 Å². The van der Waals surface area contributed by atoms with Gasteiger partial charge in [0, 0.05) is 79.8 Å². The van der Waals surface area contributed by atoms with Crippen LogP contribution in [0.25, 0.3) is 21.8 Å². The Morgan fingerprint density at radius 1 is 0.393 bits per heavy atom. The topological polar surface area (TPSA) is 803 Å². The van der Waals surface area contributed by atoms with Crippen LogP contribution in [0.15, 0.2) is 85.2 Å². The molecule has 17 amide bonds. The molecule has 2 aromatic heterocycles. The molecule has 0 aliphatic heterocycles. The number of primary amides is 3. The summed E-state index contributed by atoms with van der Waals surface area (Å²) in [7, 11) is 0. The van der Waals surface area contributed by atoms with Crippen molar-refractivity contribution < 1.29 is 127 Å². The fraction of sp³-hybridized carbons (Fsp3) is 0.494. The van der Waals surface area contributed by atoms with Crippen LogP contribution in [0.1, 0.15) is 128 Å². The standard InChI is InChI=1S/C85H120N22O26S2/c1-8-40(2)68(83(132)104-61(36-64(87)113)80(129)101-60(35-63(86)112)79(128)99-57(32-44-19-21-47(111)22-20-44)82(131)106-69(41(3)108)71(88)120)105-75(124)54(24-26-66(116)117)97-72(121)52(18-13-29-91-85(89)90)95-81(130)62(37-67(118)119)102-78(127)58(33-45-38-92-50-16-11-9-14-48(45)50)100-73(122)53(23-25-65(114)115)96-74(123)56(28-31-135-7)98-77(126)59(34-46-39-93-51-17-12-10-15-49(46)51)103-84(133)70(42(4)109)107-76(125)55(27-30-134-6)94-43(5)110/h9-12,14-17,19-22,38-42,52-62,68-70,92-93,108-109,111H,8,13,18,23-37H2,1-7H3,(H2,86,112)(H2,87,113)(H2,88,120)(H,94,110)(H,95,130)(H,96,123)(H,97,121)(H,98,126)(H,99,128)(H,100,122)(H,101,129)(H,102,127)(H,103,133)(H,104,132)(H,105,124)(H,106,131)(H,107,125)(H,114,115)(H,116,117)(H,118,119)(H4,89,90,91)/t40-,41+,42+,52-,53-,54-,55-,56-,57-,58-,59-,60-,61-,62-,68-,69-,70-/m0/s1. The number of nitrogens with two attached hydrogens (primary N) is 4. The summed E-state index contributed by atoms with van der Waals surface area (Å²) < 4.78 is 0. The van der Waals surface area contributed by atoms with Gasteiger partial charge >= 0.3 is 17.9 Å². The van der Waals surface area contributed by atoms with Gasteiger partial charge in [0.1, 0.15) is 90.3 Å². The van der Waals surface area contributed by atoms with Gasteiger partial charge in [-0.1, -0.05) is 68.8 Å². The van der Waals surface area contributed by atoms with Gasteiger partial charge in [-0.05, 0) is 123 Å². The molecule has 2 heterocycles. The minimum atomic E-state index is -2.23. The van der Waals surface area contributed by atoms with Crippen LogP contribution >= 0.6 is 23.5 Å². The normalized spacial score (nSPS) is 14.9. The number of aliphatic carboxylic acids is 3. The molecule has 50 heteroatoms. The maximum absolute atomic E-state index is 15.1. The Hall–Kier alpha value is -14.2. The summed E-state index contributed by atoms with van der Waals surface area (Å²) in [6.07, 6.45) is -5.35. The van der Waals surface area contributed by atoms with Gasteiger partial charge in [-0.2, -0.15) is 23.5 Å². The van der Waals surface area contributed by atoms with E-state index in [2.05, 4.69) is 89.7 Å². The number of carbonyl (C=O) groups excluding carboxylic acids is 17. The van der Waals surface area contributed by atoms with Crippen molar-refractivity contribution in [2.75, 3.05) is 30.6 Å². The third-order valence-corrected chi connectivity index (χ3v) is 22.5. The van der Waals surface area contributed by atoms with Gasteiger partial charge in [0.05, 0.1) is 31.5 Å². The summed E-state index contributed by atoms with van der Waals surface area (Å²) >= 11 is 2.58. The summed E-state index contributed by atoms with van der Waals surface area (Å²) in [6.45, 7) is 6.23. The van der Waals surface area contributed by atoms with Crippen molar-refractivity contribution in [1.82, 2.24) is 89.7 Å². The number of phenols is 1. The van der Waals surface area contributed by atoms with E-state index in [-0.39, 0.29) is 55.7 Å². The van der Waals surface area contributed by atoms with Crippen molar-refractivity contribution >= 4 is 170 Å². The number of rotatable bonds is 60. The van der Waals surface area contributed by atoms with Crippen LogP contribution in [0, 0.1) is 11.3 Å². The molecule has 0 aliphatic rings. The highest BCUT2D eigenvalue weighted by molar-refractivity contribution is 7.98. The van der Waals surface area contributed by atoms with E-state index in [1.54, 1.807) is 67.2 Å². The number of aliphatic hydroxyl groups excluding tert-OH is 2. The van der Waals surface area contributed by atoms with Crippen molar-refractivity contribution in [1.29, 1.82) is 5.41 Å². The Balaban J connectivity index is 1.47. The van der Waals surface area contributed by atoms with Crippen LogP contribution in [0.5, 0.6) is 5.75 Å². The van der Waals surface area contributed by atoms with Gasteiger partial charge in [0.15, 0.2) is 5.96 Å². The maximum atomic E-state index is 15.1. The number of H-pyrrole nitrogens is 2. The number of amides is 17. The van der Waals surface area contributed by atoms with Crippen molar-refractivity contribution in [3.05, 3.63) is 102 Å². The van der Waals surface area contributed by atoms with Crippen LogP contribution in [0.3, 0.4) is 0 Å². The molecular formula is C85H120N22O26S2. The SMILES string of the molecule is CC[C@H](C)[C@H](NC(=O)[C@H](CCC(=O)O)NC(=O)[C@H](CCCNC(=N)N)NC(=O)[C@H](CC(=O)O)NC(=O)[C@H](Cc1c[nH]c2ccccc12)NC(=O)[C@H](CCC(=O)O)NC(=O)[C@H](CCSC)NC(=O)[C@H](Cc1c[nH]c2ccccc12)NC(=O)[C@@H](NC(=O)[C@H](CCSC)NC(C)=O)[C@@H](C)O)C(=O)N[C@@H](CC(N)=O)C(=O)N[C@@H](CC(N)=O)C(=O)N[C@@H](Cc1ccc(O)cc1)C(=O)N[C@H](C(N)=O)[C@@H](C)O. The van der Waals surface area contributed by atoms with E-state index in [1.165, 1.54) is 81.7 Å². The number of nitrogens with one attached hydrogen (secondary N) is 18. The number of benzene rings is 3. The molecule has 0 saturated heterocycles. The summed E-state index contributed by atoms with van der Waals surface area (Å²) in [4.78, 5) is 282. The summed E-state index contributed by atoms with van der Waals surface area (Å²) in [5.74, 6) is -26.1. The molecule has 48 nitrogen and oxygen atoms in total. The number of hydrogen-bond donors (Lipinski definition) is 28. The van der Waals surface area contributed by atoms with E-state index >= 15 is 9.59 Å². The van der Waals surface area contributed by atoms with Crippen molar-refractivity contribution in [3.8, 4) is 5.75 Å². The molecule has 135 heavy (non-hydrogen) atoms. The summed E-state index contributed by atoms with van der Waals surface area (Å²) in [5.41, 5.74) is 24.1. The van der Waals surface area contributed by atoms with E-state index in [0.29, 0.717) is 38.7 Å². The minimum absolute atomic E-state index is 0.0146. The van der Waals surface area contributed by atoms with Crippen molar-refractivity contribution in [2.45, 2.75) is 228 Å². The van der Waals surface area contributed by atoms with Crippen LogP contribution in [0.2, 0.25) is 0 Å². The quantitative estimate of drug-likeness (QED) is 0.00979. The first-order valence-corrected chi connectivity index (χ1v) is 45.6. The van der Waals surface area contributed by atoms with E-state index in [1.807, 2.05) is 0 Å². The predicted octanol–water partition coefficient (Wildman–Crippen LogP) is -5.79. The molecule has 17 atom stereocenters. The largest absolute Gasteiger partial charge is 0.508 e. The molecule has 738 valence electrons. The monoisotopic (exact) mass is 1930 g/mol. The fourth-order valence-electron chi connectivity index (χ4n) is 13.9. The van der Waals surface area contributed by atoms with E-state index < -0.39 is 291 Å². The predicted molar refractivity (Wildman–Crippen MR) is 489 cm³/mol. The van der Waals surface area contributed by atoms with Crippen LogP contribution < -0.4 is 103 Å². The average molecular weight is 1930 g/mol. The second-order valence-electron chi connectivity index (χ2n) is 31.9. The zero-order valence-electron chi connectivity index (χ0n) is 75.1. The number of aromatic amines is 2. The second kappa shape index (κ2) is 55.4. The van der Waals surface area contributed by atoms with Gasteiger partial charge in [-0.3, -0.25) is 101 Å². The zero-order valence-corrected chi connectivity index (χ0v) is 76.7. The first kappa shape index (κ1) is 111. The molecule has 3 aromatic carbocycles. The summed E-state index contributed by atoms with van der Waals surface area (Å²) in [5, 5.41) is 106. The number of para-hydroxylation sites is 2. The highest BCUT2D eigenvalue weighted by atomic mass is 32.2. The number of aromatic hydroxyl groups is 1. The lowest BCUT2D eigenvalue weighted by Gasteiger charge is -2.29. The summed E-state index contributed by atoms with van der Waals surface area (Å²) in [6, 6.07) is -6.84. The third kappa shape index (κ3) is 37.4. The molecule has 0 saturated carbocycles. The molecule has 0 aliphatic carbocycles.